The number of hydrogen-bond acceptors (Lipinski definition) is 6. The average molecular weight is 380 g/mol. The van der Waals surface area contributed by atoms with Gasteiger partial charge in [0.15, 0.2) is 0 Å². The minimum absolute atomic E-state index is 0.0482. The summed E-state index contributed by atoms with van der Waals surface area (Å²) in [5, 5.41) is 15.5. The number of benzene rings is 1. The highest BCUT2D eigenvalue weighted by Gasteiger charge is 2.29. The highest BCUT2D eigenvalue weighted by molar-refractivity contribution is 7.89. The average Bonchev–Trinajstić information content (AvgIpc) is 3.18. The molecular formula is C17H24N4O4S. The molecule has 1 aromatic carbocycles. The highest BCUT2D eigenvalue weighted by Crippen LogP contribution is 2.30. The van der Waals surface area contributed by atoms with E-state index < -0.39 is 14.9 Å². The smallest absolute Gasteiger partial charge is 0.272 e. The summed E-state index contributed by atoms with van der Waals surface area (Å²) >= 11 is 0. The van der Waals surface area contributed by atoms with Crippen molar-refractivity contribution in [3.63, 3.8) is 0 Å². The van der Waals surface area contributed by atoms with E-state index in [0.717, 1.165) is 31.7 Å². The van der Waals surface area contributed by atoms with Crippen LogP contribution in [0.5, 0.6) is 0 Å². The molecule has 2 aliphatic rings. The maximum Gasteiger partial charge on any atom is 0.295 e. The number of hydrogen-bond donors (Lipinski definition) is 1. The molecule has 3 rings (SSSR count). The quantitative estimate of drug-likeness (QED) is 0.463. The van der Waals surface area contributed by atoms with Crippen molar-refractivity contribution in [3.8, 4) is 0 Å². The van der Waals surface area contributed by atoms with Gasteiger partial charge in [0.1, 0.15) is 5.69 Å². The lowest BCUT2D eigenvalue weighted by Crippen LogP contribution is -2.27. The molecule has 8 nitrogen and oxygen atoms in total. The predicted octanol–water partition coefficient (Wildman–Crippen LogP) is 3.36. The molecule has 1 aliphatic heterocycles. The molecule has 1 saturated carbocycles. The van der Waals surface area contributed by atoms with E-state index in [1.165, 1.54) is 35.7 Å². The van der Waals surface area contributed by atoms with E-state index in [2.05, 4.69) is 10.5 Å². The highest BCUT2D eigenvalue weighted by atomic mass is 32.2. The fraction of sp³-hybridized carbons (Fsp3) is 0.588. The van der Waals surface area contributed by atoms with Crippen LogP contribution in [0.3, 0.4) is 0 Å². The van der Waals surface area contributed by atoms with Crippen molar-refractivity contribution in [1.29, 1.82) is 0 Å². The van der Waals surface area contributed by atoms with E-state index in [4.69, 9.17) is 0 Å². The molecule has 1 aromatic rings. The minimum atomic E-state index is -3.69. The third kappa shape index (κ3) is 4.21. The molecule has 1 aliphatic carbocycles. The first kappa shape index (κ1) is 18.8. The number of anilines is 1. The Kier molecular flexibility index (Phi) is 5.87. The van der Waals surface area contributed by atoms with Gasteiger partial charge in [-0.25, -0.2) is 8.42 Å². The Morgan fingerprint density at radius 3 is 2.50 bits per heavy atom. The molecule has 0 aromatic heterocycles. The second-order valence-electron chi connectivity index (χ2n) is 6.84. The molecule has 0 bridgehead atoms. The number of nitrogens with zero attached hydrogens (tertiary/aromatic N) is 3. The van der Waals surface area contributed by atoms with Gasteiger partial charge in [0.2, 0.25) is 10.0 Å². The van der Waals surface area contributed by atoms with Gasteiger partial charge in [-0.1, -0.05) is 19.3 Å². The fourth-order valence-corrected chi connectivity index (χ4v) is 5.03. The summed E-state index contributed by atoms with van der Waals surface area (Å²) in [6.45, 7) is 0.920. The molecule has 1 N–H and O–H groups in total. The normalized spacial score (nSPS) is 19.8. The van der Waals surface area contributed by atoms with Crippen LogP contribution in [0.2, 0.25) is 0 Å². The van der Waals surface area contributed by atoms with Crippen LogP contribution in [0, 0.1) is 16.0 Å². The maximum absolute atomic E-state index is 12.6. The fourth-order valence-electron chi connectivity index (χ4n) is 3.49. The van der Waals surface area contributed by atoms with Crippen LogP contribution in [0.1, 0.15) is 44.9 Å². The van der Waals surface area contributed by atoms with Crippen LogP contribution < -0.4 is 5.43 Å². The van der Waals surface area contributed by atoms with Crippen LogP contribution in [-0.2, 0) is 10.0 Å². The molecule has 26 heavy (non-hydrogen) atoms. The van der Waals surface area contributed by atoms with Crippen molar-refractivity contribution in [2.24, 2.45) is 11.0 Å². The SMILES string of the molecule is O=[N+]([O-])c1cc(S(=O)(=O)N2CCCC2)ccc1N/N=C\C1CCCCC1. The first-order valence-electron chi connectivity index (χ1n) is 9.06. The summed E-state index contributed by atoms with van der Waals surface area (Å²) in [6, 6.07) is 3.94. The van der Waals surface area contributed by atoms with Crippen LogP contribution in [0.25, 0.3) is 0 Å². The number of hydrazone groups is 1. The summed E-state index contributed by atoms with van der Waals surface area (Å²) in [5.41, 5.74) is 2.62. The van der Waals surface area contributed by atoms with Crippen molar-refractivity contribution in [3.05, 3.63) is 28.3 Å². The van der Waals surface area contributed by atoms with Gasteiger partial charge in [0, 0.05) is 25.4 Å². The van der Waals surface area contributed by atoms with E-state index in [1.807, 2.05) is 0 Å². The molecule has 0 radical (unpaired) electrons. The Hall–Kier alpha value is -2.00. The largest absolute Gasteiger partial charge is 0.295 e. The maximum atomic E-state index is 12.6. The summed E-state index contributed by atoms with van der Waals surface area (Å²) in [6.07, 6.45) is 9.21. The molecule has 1 heterocycles. The van der Waals surface area contributed by atoms with Gasteiger partial charge in [-0.15, -0.1) is 0 Å². The van der Waals surface area contributed by atoms with Gasteiger partial charge in [0.25, 0.3) is 5.69 Å². The van der Waals surface area contributed by atoms with Gasteiger partial charge in [-0.2, -0.15) is 9.41 Å². The van der Waals surface area contributed by atoms with Crippen molar-refractivity contribution in [1.82, 2.24) is 4.31 Å². The molecule has 0 spiro atoms. The lowest BCUT2D eigenvalue weighted by atomic mass is 9.90. The van der Waals surface area contributed by atoms with Gasteiger partial charge < -0.3 is 0 Å². The van der Waals surface area contributed by atoms with E-state index in [0.29, 0.717) is 19.0 Å². The molecular weight excluding hydrogens is 356 g/mol. The zero-order valence-electron chi connectivity index (χ0n) is 14.6. The van der Waals surface area contributed by atoms with Gasteiger partial charge in [0.05, 0.1) is 9.82 Å². The molecule has 9 heteroatoms. The summed E-state index contributed by atoms with van der Waals surface area (Å²) in [7, 11) is -3.69. The van der Waals surface area contributed by atoms with Gasteiger partial charge in [-0.05, 0) is 43.7 Å². The molecule has 142 valence electrons. The first-order chi connectivity index (χ1) is 12.5. The topological polar surface area (TPSA) is 105 Å². The Bertz CT molecular complexity index is 782. The van der Waals surface area contributed by atoms with E-state index in [-0.39, 0.29) is 16.3 Å². The summed E-state index contributed by atoms with van der Waals surface area (Å²) in [4.78, 5) is 10.8. The summed E-state index contributed by atoms with van der Waals surface area (Å²) in [5.74, 6) is 0.394. The van der Waals surface area contributed by atoms with E-state index in [9.17, 15) is 18.5 Å². The van der Waals surface area contributed by atoms with Crippen molar-refractivity contribution in [2.75, 3.05) is 18.5 Å². The van der Waals surface area contributed by atoms with E-state index in [1.54, 1.807) is 6.21 Å². The first-order valence-corrected chi connectivity index (χ1v) is 10.5. The van der Waals surface area contributed by atoms with Crippen LogP contribution in [-0.4, -0.2) is 37.0 Å². The molecule has 2 fully saturated rings. The summed E-state index contributed by atoms with van der Waals surface area (Å²) < 4.78 is 26.6. The van der Waals surface area contributed by atoms with Crippen LogP contribution in [0.4, 0.5) is 11.4 Å². The van der Waals surface area contributed by atoms with Crippen LogP contribution in [0.15, 0.2) is 28.2 Å². The lowest BCUT2D eigenvalue weighted by molar-refractivity contribution is -0.384. The number of nitrogens with one attached hydrogen (secondary N) is 1. The Labute approximate surface area is 153 Å². The Morgan fingerprint density at radius 2 is 1.85 bits per heavy atom. The molecule has 0 amide bonds. The Morgan fingerprint density at radius 1 is 1.15 bits per heavy atom. The lowest BCUT2D eigenvalue weighted by Gasteiger charge is -2.17. The minimum Gasteiger partial charge on any atom is -0.272 e. The monoisotopic (exact) mass is 380 g/mol. The zero-order valence-corrected chi connectivity index (χ0v) is 15.5. The second-order valence-corrected chi connectivity index (χ2v) is 8.77. The molecule has 0 atom stereocenters. The number of sulfonamides is 1. The van der Waals surface area contributed by atoms with E-state index >= 15 is 0 Å². The Balaban J connectivity index is 1.78. The van der Waals surface area contributed by atoms with Crippen molar-refractivity contribution < 1.29 is 13.3 Å². The van der Waals surface area contributed by atoms with Crippen LogP contribution >= 0.6 is 0 Å². The zero-order chi connectivity index (χ0) is 18.6. The number of nitro benzene ring substituents is 1. The molecule has 0 unspecified atom stereocenters. The third-order valence-electron chi connectivity index (χ3n) is 4.99. The predicted molar refractivity (Wildman–Crippen MR) is 99.8 cm³/mol. The number of rotatable bonds is 6. The molecule has 1 saturated heterocycles. The third-order valence-corrected chi connectivity index (χ3v) is 6.88. The van der Waals surface area contributed by atoms with Gasteiger partial charge in [-0.3, -0.25) is 15.5 Å². The van der Waals surface area contributed by atoms with Crippen molar-refractivity contribution >= 4 is 27.6 Å². The number of nitro groups is 1. The van der Waals surface area contributed by atoms with Gasteiger partial charge >= 0.3 is 0 Å². The van der Waals surface area contributed by atoms with Crippen molar-refractivity contribution in [2.45, 2.75) is 49.8 Å². The standard InChI is InChI=1S/C17H24N4O4S/c22-21(23)17-12-15(26(24,25)20-10-4-5-11-20)8-9-16(17)19-18-13-14-6-2-1-3-7-14/h8-9,12-14,19H,1-7,10-11H2/b18-13-. The second kappa shape index (κ2) is 8.13.